The topological polar surface area (TPSA) is 225 Å². The summed E-state index contributed by atoms with van der Waals surface area (Å²) in [7, 11) is 0. The molecule has 1 saturated heterocycles. The Morgan fingerprint density at radius 1 is 1.36 bits per heavy atom. The van der Waals surface area contributed by atoms with Crippen LogP contribution in [0, 0.1) is 6.08 Å². The number of thioether (sulfide) groups is 1. The molecule has 0 bridgehead atoms. The zero-order valence-electron chi connectivity index (χ0n) is 20.4. The van der Waals surface area contributed by atoms with Crippen LogP contribution in [0.1, 0.15) is 25.2 Å². The SMILES string of the molecule is CC(C)(ON=C(C(=O)NC1C(=O)N2C(C(=O)O)=C(CNCc3cnc(F)[nH]3)CS[C@@H]12)c1csc(N)n1)C(=O)O. The molecule has 0 aromatic carbocycles. The molecule has 2 aromatic rings. The summed E-state index contributed by atoms with van der Waals surface area (Å²) in [6.07, 6.45) is 0.564. The molecule has 1 unspecified atom stereocenters. The van der Waals surface area contributed by atoms with Crippen molar-refractivity contribution in [2.24, 2.45) is 5.16 Å². The summed E-state index contributed by atoms with van der Waals surface area (Å²) in [4.78, 5) is 65.6. The number of carbonyl (C=O) groups excluding carboxylic acids is 2. The minimum atomic E-state index is -1.77. The molecule has 0 aliphatic carbocycles. The molecule has 1 fully saturated rings. The number of imidazole rings is 1. The van der Waals surface area contributed by atoms with E-state index < -0.39 is 52.6 Å². The number of anilines is 1. The third-order valence-electron chi connectivity index (χ3n) is 5.65. The molecule has 15 nitrogen and oxygen atoms in total. The van der Waals surface area contributed by atoms with Crippen molar-refractivity contribution in [3.63, 3.8) is 0 Å². The number of nitrogen functional groups attached to an aromatic ring is 1. The number of hydrogen-bond donors (Lipinski definition) is 6. The Balaban J connectivity index is 1.48. The van der Waals surface area contributed by atoms with Gasteiger partial charge >= 0.3 is 11.9 Å². The van der Waals surface area contributed by atoms with E-state index in [9.17, 15) is 33.8 Å². The number of fused-ring (bicyclic) bond motifs is 1. The third kappa shape index (κ3) is 5.86. The van der Waals surface area contributed by atoms with Gasteiger partial charge in [-0.3, -0.25) is 14.5 Å². The standard InChI is InChI=1S/C21H23FN8O7S2/c1-21(2,18(35)36)37-29-11(10-7-39-20(23)27-10)14(31)28-12-15(32)30-13(17(33)34)8(6-38-16(12)30)3-24-4-9-5-25-19(22)26-9/h5,7,12,16,24H,3-4,6H2,1-2H3,(H2,23,27)(H,25,26)(H,28,31)(H,33,34)(H,35,36)/t12?,16-/m0/s1. The van der Waals surface area contributed by atoms with E-state index in [1.807, 2.05) is 0 Å². The Bertz CT molecular complexity index is 1390. The number of aromatic amines is 1. The zero-order valence-corrected chi connectivity index (χ0v) is 22.1. The first kappa shape index (κ1) is 28.0. The molecule has 0 radical (unpaired) electrons. The normalized spacial score (nSPS) is 19.4. The average Bonchev–Trinajstić information content (AvgIpc) is 3.49. The van der Waals surface area contributed by atoms with Crippen molar-refractivity contribution in [3.05, 3.63) is 40.3 Å². The zero-order chi connectivity index (χ0) is 28.5. The Morgan fingerprint density at radius 3 is 2.69 bits per heavy atom. The van der Waals surface area contributed by atoms with Crippen LogP contribution in [-0.4, -0.2) is 88.8 Å². The van der Waals surface area contributed by atoms with Gasteiger partial charge in [0.25, 0.3) is 17.9 Å². The van der Waals surface area contributed by atoms with Crippen molar-refractivity contribution in [2.45, 2.75) is 37.4 Å². The van der Waals surface area contributed by atoms with E-state index in [-0.39, 0.29) is 35.4 Å². The van der Waals surface area contributed by atoms with Crippen molar-refractivity contribution in [3.8, 4) is 0 Å². The number of hydrogen-bond acceptors (Lipinski definition) is 12. The maximum Gasteiger partial charge on any atom is 0.352 e. The fraction of sp³-hybridized carbons (Fsp3) is 0.381. The number of rotatable bonds is 11. The largest absolute Gasteiger partial charge is 0.478 e. The average molecular weight is 583 g/mol. The molecule has 7 N–H and O–H groups in total. The highest BCUT2D eigenvalue weighted by Crippen LogP contribution is 2.40. The van der Waals surface area contributed by atoms with Gasteiger partial charge in [-0.1, -0.05) is 5.16 Å². The van der Waals surface area contributed by atoms with E-state index in [0.29, 0.717) is 11.3 Å². The first-order valence-electron chi connectivity index (χ1n) is 11.2. The molecule has 0 saturated carbocycles. The number of carbonyl (C=O) groups is 4. The maximum absolute atomic E-state index is 13.1. The summed E-state index contributed by atoms with van der Waals surface area (Å²) in [5.41, 5.74) is 4.18. The summed E-state index contributed by atoms with van der Waals surface area (Å²) in [5, 5.41) is 29.1. The number of nitrogens with two attached hydrogens (primary N) is 1. The van der Waals surface area contributed by atoms with Gasteiger partial charge in [0.1, 0.15) is 22.8 Å². The minimum Gasteiger partial charge on any atom is -0.478 e. The number of β-lactam (4-membered cyclic amide) rings is 1. The third-order valence-corrected chi connectivity index (χ3v) is 7.66. The number of amides is 2. The van der Waals surface area contributed by atoms with Crippen molar-refractivity contribution in [1.82, 2.24) is 30.5 Å². The number of H-pyrrole nitrogens is 1. The van der Waals surface area contributed by atoms with Gasteiger partial charge in [0.15, 0.2) is 10.8 Å². The number of carboxylic acid groups (broad SMARTS) is 2. The second-order valence-corrected chi connectivity index (χ2v) is 10.8. The van der Waals surface area contributed by atoms with Gasteiger partial charge in [0.05, 0.1) is 11.9 Å². The smallest absolute Gasteiger partial charge is 0.352 e. The maximum atomic E-state index is 13.1. The Morgan fingerprint density at radius 2 is 2.10 bits per heavy atom. The minimum absolute atomic E-state index is 0.00717. The number of thiazole rings is 1. The van der Waals surface area contributed by atoms with Crippen LogP contribution in [-0.2, 0) is 30.6 Å². The quantitative estimate of drug-likeness (QED) is 0.114. The summed E-state index contributed by atoms with van der Waals surface area (Å²) in [6.45, 7) is 2.77. The second-order valence-electron chi connectivity index (χ2n) is 8.84. The van der Waals surface area contributed by atoms with E-state index in [2.05, 4.69) is 30.7 Å². The summed E-state index contributed by atoms with van der Waals surface area (Å²) in [6, 6.07) is -1.09. The van der Waals surface area contributed by atoms with Crippen molar-refractivity contribution >= 4 is 57.7 Å². The van der Waals surface area contributed by atoms with Gasteiger partial charge in [-0.25, -0.2) is 19.6 Å². The molecular weight excluding hydrogens is 559 g/mol. The number of carboxylic acids is 2. The van der Waals surface area contributed by atoms with Crippen LogP contribution in [0.2, 0.25) is 0 Å². The molecule has 2 aliphatic rings. The van der Waals surface area contributed by atoms with Crippen molar-refractivity contribution < 1.29 is 38.6 Å². The Hall–Kier alpha value is -4.03. The van der Waals surface area contributed by atoms with Crippen LogP contribution in [0.15, 0.2) is 28.0 Å². The lowest BCUT2D eigenvalue weighted by Crippen LogP contribution is -2.71. The van der Waals surface area contributed by atoms with Gasteiger partial charge in [-0.15, -0.1) is 23.1 Å². The van der Waals surface area contributed by atoms with Gasteiger partial charge in [0.2, 0.25) is 5.60 Å². The highest BCUT2D eigenvalue weighted by molar-refractivity contribution is 8.00. The molecule has 0 spiro atoms. The van der Waals surface area contributed by atoms with Crippen LogP contribution < -0.4 is 16.4 Å². The second kappa shape index (κ2) is 11.0. The first-order valence-corrected chi connectivity index (χ1v) is 13.1. The highest BCUT2D eigenvalue weighted by atomic mass is 32.2. The molecular formula is C21H23FN8O7S2. The number of aromatic nitrogens is 3. The predicted octanol–water partition coefficient (Wildman–Crippen LogP) is -0.300. The van der Waals surface area contributed by atoms with E-state index >= 15 is 0 Å². The summed E-state index contributed by atoms with van der Waals surface area (Å²) >= 11 is 2.26. The van der Waals surface area contributed by atoms with Crippen LogP contribution in [0.4, 0.5) is 9.52 Å². The number of nitrogens with zero attached hydrogens (tertiary/aromatic N) is 4. The van der Waals surface area contributed by atoms with Crippen LogP contribution in [0.25, 0.3) is 0 Å². The Labute approximate surface area is 227 Å². The van der Waals surface area contributed by atoms with E-state index in [1.54, 1.807) is 0 Å². The summed E-state index contributed by atoms with van der Waals surface area (Å²) < 4.78 is 13.0. The molecule has 39 heavy (non-hydrogen) atoms. The predicted molar refractivity (Wildman–Crippen MR) is 136 cm³/mol. The van der Waals surface area contributed by atoms with E-state index in [1.165, 1.54) is 37.2 Å². The van der Waals surface area contributed by atoms with Crippen LogP contribution in [0.3, 0.4) is 0 Å². The lowest BCUT2D eigenvalue weighted by molar-refractivity contribution is -0.161. The Kier molecular flexibility index (Phi) is 7.89. The molecule has 2 aliphatic heterocycles. The molecule has 2 atom stereocenters. The lowest BCUT2D eigenvalue weighted by Gasteiger charge is -2.49. The first-order chi connectivity index (χ1) is 18.4. The number of oxime groups is 1. The fourth-order valence-electron chi connectivity index (χ4n) is 3.60. The van der Waals surface area contributed by atoms with Gasteiger partial charge < -0.3 is 36.4 Å². The molecule has 2 aromatic heterocycles. The lowest BCUT2D eigenvalue weighted by atomic mass is 10.0. The van der Waals surface area contributed by atoms with Gasteiger partial charge in [-0.2, -0.15) is 4.39 Å². The monoisotopic (exact) mass is 582 g/mol. The number of aliphatic carboxylic acids is 2. The molecule has 208 valence electrons. The molecule has 4 heterocycles. The van der Waals surface area contributed by atoms with Crippen LogP contribution in [0.5, 0.6) is 0 Å². The van der Waals surface area contributed by atoms with Gasteiger partial charge in [-0.05, 0) is 19.4 Å². The fourth-order valence-corrected chi connectivity index (χ4v) is 5.49. The molecule has 2 amide bonds. The molecule has 4 rings (SSSR count). The van der Waals surface area contributed by atoms with Crippen LogP contribution >= 0.6 is 23.1 Å². The summed E-state index contributed by atoms with van der Waals surface area (Å²) in [5.74, 6) is -3.95. The number of halogens is 1. The molecule has 18 heteroatoms. The van der Waals surface area contributed by atoms with Crippen molar-refractivity contribution in [1.29, 1.82) is 0 Å². The van der Waals surface area contributed by atoms with Gasteiger partial charge in [0, 0.05) is 24.2 Å². The van der Waals surface area contributed by atoms with E-state index in [4.69, 9.17) is 10.6 Å². The van der Waals surface area contributed by atoms with Crippen molar-refractivity contribution in [2.75, 3.05) is 18.0 Å². The highest BCUT2D eigenvalue weighted by Gasteiger charge is 2.54. The van der Waals surface area contributed by atoms with E-state index in [0.717, 1.165) is 16.2 Å². The number of nitrogens with one attached hydrogen (secondary N) is 3.